The topological polar surface area (TPSA) is 4.44 Å². The second-order valence-corrected chi connectivity index (χ2v) is 2.95. The van der Waals surface area contributed by atoms with E-state index in [2.05, 4.69) is 20.9 Å². The first-order valence-electron chi connectivity index (χ1n) is 3.40. The minimum atomic E-state index is 0.796. The number of hydrogen-bond acceptors (Lipinski definition) is 0. The largest absolute Gasteiger partial charge is 0.463 e. The van der Waals surface area contributed by atoms with Crippen LogP contribution in [-0.4, -0.2) is 12.1 Å². The van der Waals surface area contributed by atoms with Gasteiger partial charge in [-0.25, -0.2) is 0 Å². The summed E-state index contributed by atoms with van der Waals surface area (Å²) in [5, 5.41) is 0. The Kier molecular flexibility index (Phi) is 1.57. The molecule has 0 aromatic rings. The molecule has 48 valence electrons. The average Bonchev–Trinajstić information content (AvgIpc) is 1.98. The zero-order valence-electron chi connectivity index (χ0n) is 5.78. The van der Waals surface area contributed by atoms with E-state index in [1.165, 1.54) is 17.7 Å². The molecule has 1 unspecified atom stereocenters. The first kappa shape index (κ1) is 6.09. The van der Waals surface area contributed by atoms with Gasteiger partial charge in [0.1, 0.15) is 0 Å². The van der Waals surface area contributed by atoms with Gasteiger partial charge in [0.15, 0.2) is 0 Å². The lowest BCUT2D eigenvalue weighted by Gasteiger charge is -2.24. The quantitative estimate of drug-likeness (QED) is 0.429. The summed E-state index contributed by atoms with van der Waals surface area (Å²) in [7, 11) is 4.02. The summed E-state index contributed by atoms with van der Waals surface area (Å²) < 4.78 is 0. The summed E-state index contributed by atoms with van der Waals surface area (Å²) >= 11 is 0. The third kappa shape index (κ3) is 0.873. The number of quaternary nitrogens is 1. The van der Waals surface area contributed by atoms with E-state index in [0.29, 0.717) is 0 Å². The average molecular weight is 113 g/mol. The first-order valence-corrected chi connectivity index (χ1v) is 3.40. The van der Waals surface area contributed by atoms with E-state index in [1.807, 2.05) is 0 Å². The van der Waals surface area contributed by atoms with Crippen LogP contribution in [0.2, 0.25) is 0 Å². The summed E-state index contributed by atoms with van der Waals surface area (Å²) in [5.74, 6) is 0. The maximum Gasteiger partial charge on any atom is 0.0610 e. The van der Waals surface area contributed by atoms with Crippen molar-refractivity contribution in [3.63, 3.8) is 0 Å². The van der Waals surface area contributed by atoms with Crippen molar-refractivity contribution in [1.29, 1.82) is 0 Å². The molecule has 1 aliphatic rings. The zero-order chi connectivity index (χ0) is 6.15. The lowest BCUT2D eigenvalue weighted by Crippen LogP contribution is -3.11. The van der Waals surface area contributed by atoms with Crippen LogP contribution < -0.4 is 4.90 Å². The Labute approximate surface area is 51.7 Å². The van der Waals surface area contributed by atoms with Gasteiger partial charge in [-0.3, -0.25) is 0 Å². The predicted molar refractivity (Wildman–Crippen MR) is 34.5 cm³/mol. The predicted octanol–water partition coefficient (Wildman–Crippen LogP) is 0.234. The Morgan fingerprint density at radius 2 is 1.62 bits per heavy atom. The monoisotopic (exact) mass is 113 g/mol. The van der Waals surface area contributed by atoms with Crippen LogP contribution in [0.5, 0.6) is 0 Å². The lowest BCUT2D eigenvalue weighted by molar-refractivity contribution is -0.887. The van der Waals surface area contributed by atoms with Gasteiger partial charge in [0.25, 0.3) is 0 Å². The molecule has 0 aliphatic carbocycles. The molecule has 1 heterocycles. The zero-order valence-corrected chi connectivity index (χ0v) is 5.78. The number of nitrogens with one attached hydrogen (secondary N) is 1. The molecule has 0 radical (unpaired) electrons. The van der Waals surface area contributed by atoms with Crippen LogP contribution in [0.4, 0.5) is 0 Å². The van der Waals surface area contributed by atoms with Crippen molar-refractivity contribution in [3.8, 4) is 0 Å². The van der Waals surface area contributed by atoms with Crippen LogP contribution in [0.15, 0.2) is 0 Å². The highest BCUT2D eigenvalue weighted by molar-refractivity contribution is 4.62. The van der Waals surface area contributed by atoms with E-state index >= 15 is 0 Å². The maximum absolute atomic E-state index is 4.02. The van der Waals surface area contributed by atoms with Crippen LogP contribution in [-0.2, 0) is 0 Å². The van der Waals surface area contributed by atoms with Crippen molar-refractivity contribution in [2.45, 2.75) is 38.8 Å². The van der Waals surface area contributed by atoms with Crippen molar-refractivity contribution in [3.05, 3.63) is 7.05 Å². The van der Waals surface area contributed by atoms with Crippen molar-refractivity contribution in [2.75, 3.05) is 0 Å². The van der Waals surface area contributed by atoms with Gasteiger partial charge in [-0.1, -0.05) is 0 Å². The molecule has 1 nitrogen and oxygen atoms in total. The third-order valence-electron chi connectivity index (χ3n) is 2.30. The molecule has 0 amide bonds. The second kappa shape index (κ2) is 2.06. The van der Waals surface area contributed by atoms with Gasteiger partial charge in [-0.15, -0.1) is 0 Å². The molecule has 0 bridgehead atoms. The molecule has 1 aliphatic heterocycles. The highest BCUT2D eigenvalue weighted by Crippen LogP contribution is 2.03. The Morgan fingerprint density at radius 3 is 1.75 bits per heavy atom. The molecule has 3 atom stereocenters. The summed E-state index contributed by atoms with van der Waals surface area (Å²) in [4.78, 5) is 1.46. The molecule has 8 heavy (non-hydrogen) atoms. The van der Waals surface area contributed by atoms with Crippen LogP contribution >= 0.6 is 0 Å². The molecule has 0 saturated carbocycles. The molecular weight excluding hydrogens is 98.1 g/mol. The van der Waals surface area contributed by atoms with Crippen molar-refractivity contribution < 1.29 is 4.90 Å². The van der Waals surface area contributed by atoms with Gasteiger partial charge >= 0.3 is 0 Å². The van der Waals surface area contributed by atoms with Crippen LogP contribution in [0.25, 0.3) is 0 Å². The number of rotatable bonds is 0. The SMILES string of the molecule is [CH2-][NH+]1[C@H](C)CC[C@@H]1C. The first-order chi connectivity index (χ1) is 3.72. The van der Waals surface area contributed by atoms with E-state index in [1.54, 1.807) is 0 Å². The van der Waals surface area contributed by atoms with E-state index < -0.39 is 0 Å². The molecule has 1 N–H and O–H groups in total. The summed E-state index contributed by atoms with van der Waals surface area (Å²) in [6.45, 7) is 4.54. The van der Waals surface area contributed by atoms with Gasteiger partial charge in [0, 0.05) is 12.8 Å². The van der Waals surface area contributed by atoms with E-state index in [0.717, 1.165) is 12.1 Å². The van der Waals surface area contributed by atoms with E-state index in [4.69, 9.17) is 0 Å². The molecule has 0 aromatic carbocycles. The summed E-state index contributed by atoms with van der Waals surface area (Å²) in [6, 6.07) is 1.59. The molecule has 1 fully saturated rings. The van der Waals surface area contributed by atoms with Gasteiger partial charge in [0.05, 0.1) is 12.1 Å². The van der Waals surface area contributed by atoms with Gasteiger partial charge in [0.2, 0.25) is 0 Å². The Hall–Kier alpha value is -0.0400. The molecule has 0 aromatic heterocycles. The number of hydrogen-bond donors (Lipinski definition) is 1. The minimum absolute atomic E-state index is 0.796. The van der Waals surface area contributed by atoms with Crippen LogP contribution in [0.1, 0.15) is 26.7 Å². The van der Waals surface area contributed by atoms with Gasteiger partial charge < -0.3 is 4.90 Å². The molecule has 1 rings (SSSR count). The van der Waals surface area contributed by atoms with Crippen LogP contribution in [0.3, 0.4) is 0 Å². The fraction of sp³-hybridized carbons (Fsp3) is 0.857. The fourth-order valence-electron chi connectivity index (χ4n) is 1.36. The standard InChI is InChI=1S/C7H15N/c1-6-4-5-7(2)8(6)3/h6-8H,3-5H2,1-2H3/t6-,7+. The fourth-order valence-corrected chi connectivity index (χ4v) is 1.36. The Balaban J connectivity index is 2.44. The van der Waals surface area contributed by atoms with Crippen molar-refractivity contribution in [2.24, 2.45) is 0 Å². The Bertz CT molecular complexity index is 70.5. The number of likely N-dealkylation sites (tertiary alicyclic amines) is 1. The molecule has 0 spiro atoms. The van der Waals surface area contributed by atoms with E-state index in [9.17, 15) is 0 Å². The smallest absolute Gasteiger partial charge is 0.0610 e. The summed E-state index contributed by atoms with van der Waals surface area (Å²) in [5.41, 5.74) is 0. The van der Waals surface area contributed by atoms with Gasteiger partial charge in [-0.2, -0.15) is 7.05 Å². The third-order valence-corrected chi connectivity index (χ3v) is 2.30. The van der Waals surface area contributed by atoms with Crippen molar-refractivity contribution in [1.82, 2.24) is 0 Å². The molecule has 1 saturated heterocycles. The summed E-state index contributed by atoms with van der Waals surface area (Å²) in [6.07, 6.45) is 2.72. The minimum Gasteiger partial charge on any atom is -0.463 e. The lowest BCUT2D eigenvalue weighted by atomic mass is 10.2. The second-order valence-electron chi connectivity index (χ2n) is 2.95. The van der Waals surface area contributed by atoms with Crippen LogP contribution in [0, 0.1) is 7.05 Å². The molecular formula is C7H15N. The van der Waals surface area contributed by atoms with E-state index in [-0.39, 0.29) is 0 Å². The highest BCUT2D eigenvalue weighted by Gasteiger charge is 2.22. The van der Waals surface area contributed by atoms with Crippen molar-refractivity contribution >= 4 is 0 Å². The molecule has 1 heteroatoms. The van der Waals surface area contributed by atoms with Gasteiger partial charge in [-0.05, 0) is 13.8 Å². The Morgan fingerprint density at radius 1 is 1.25 bits per heavy atom. The maximum atomic E-state index is 4.02. The normalized spacial score (nSPS) is 47.6. The highest BCUT2D eigenvalue weighted by atomic mass is 15.2.